The Hall–Kier alpha value is -2.00. The van der Waals surface area contributed by atoms with Crippen LogP contribution in [0.2, 0.25) is 0 Å². The highest BCUT2D eigenvalue weighted by atomic mass is 79.9. The van der Waals surface area contributed by atoms with Gasteiger partial charge < -0.3 is 5.32 Å². The molecule has 0 amide bonds. The predicted octanol–water partition coefficient (Wildman–Crippen LogP) is 4.35. The van der Waals surface area contributed by atoms with E-state index in [4.69, 9.17) is 5.26 Å². The number of anilines is 1. The van der Waals surface area contributed by atoms with Gasteiger partial charge in [-0.1, -0.05) is 15.9 Å². The molecule has 2 nitrogen and oxygen atoms in total. The molecule has 0 unspecified atom stereocenters. The second kappa shape index (κ2) is 5.97. The molecule has 0 heterocycles. The van der Waals surface area contributed by atoms with Gasteiger partial charge in [-0.2, -0.15) is 5.26 Å². The third kappa shape index (κ3) is 3.11. The summed E-state index contributed by atoms with van der Waals surface area (Å²) in [6.07, 6.45) is 0. The lowest BCUT2D eigenvalue weighted by molar-refractivity contribution is 0.490. The van der Waals surface area contributed by atoms with Crippen molar-refractivity contribution in [3.8, 4) is 6.07 Å². The van der Waals surface area contributed by atoms with Crippen LogP contribution in [-0.4, -0.2) is 0 Å². The first-order valence-corrected chi connectivity index (χ1v) is 6.37. The summed E-state index contributed by atoms with van der Waals surface area (Å²) in [5.74, 6) is -3.19. The highest BCUT2D eigenvalue weighted by Gasteiger charge is 2.10. The molecule has 0 spiro atoms. The van der Waals surface area contributed by atoms with E-state index in [9.17, 15) is 13.2 Å². The van der Waals surface area contributed by atoms with Crippen molar-refractivity contribution in [1.29, 1.82) is 5.26 Å². The molecular formula is C14H8BrF3N2. The summed E-state index contributed by atoms with van der Waals surface area (Å²) in [4.78, 5) is 0. The highest BCUT2D eigenvalue weighted by Crippen LogP contribution is 2.22. The van der Waals surface area contributed by atoms with Crippen LogP contribution in [0.1, 0.15) is 11.1 Å². The van der Waals surface area contributed by atoms with E-state index < -0.39 is 17.5 Å². The van der Waals surface area contributed by atoms with Gasteiger partial charge in [0, 0.05) is 22.6 Å². The van der Waals surface area contributed by atoms with Crippen molar-refractivity contribution >= 4 is 21.6 Å². The van der Waals surface area contributed by atoms with Gasteiger partial charge in [0.25, 0.3) is 0 Å². The maximum atomic E-state index is 13.5. The van der Waals surface area contributed by atoms with Gasteiger partial charge >= 0.3 is 0 Å². The molecule has 0 saturated heterocycles. The summed E-state index contributed by atoms with van der Waals surface area (Å²) >= 11 is 3.25. The second-order valence-electron chi connectivity index (χ2n) is 4.01. The maximum absolute atomic E-state index is 13.5. The van der Waals surface area contributed by atoms with E-state index in [2.05, 4.69) is 21.2 Å². The highest BCUT2D eigenvalue weighted by molar-refractivity contribution is 9.10. The molecule has 2 aromatic rings. The van der Waals surface area contributed by atoms with E-state index in [0.717, 1.165) is 10.5 Å². The number of rotatable bonds is 3. The summed E-state index contributed by atoms with van der Waals surface area (Å²) in [7, 11) is 0. The van der Waals surface area contributed by atoms with Gasteiger partial charge in [-0.05, 0) is 24.3 Å². The topological polar surface area (TPSA) is 35.8 Å². The smallest absolute Gasteiger partial charge is 0.161 e. The minimum absolute atomic E-state index is 0.0206. The second-order valence-corrected chi connectivity index (χ2v) is 4.93. The van der Waals surface area contributed by atoms with Crippen LogP contribution in [0, 0.1) is 28.8 Å². The van der Waals surface area contributed by atoms with Crippen LogP contribution >= 0.6 is 15.9 Å². The van der Waals surface area contributed by atoms with Crippen molar-refractivity contribution in [3.63, 3.8) is 0 Å². The van der Waals surface area contributed by atoms with Crippen LogP contribution in [0.4, 0.5) is 18.9 Å². The molecule has 102 valence electrons. The first kappa shape index (κ1) is 14.4. The Bertz CT molecular complexity index is 696. The lowest BCUT2D eigenvalue weighted by Crippen LogP contribution is -2.05. The summed E-state index contributed by atoms with van der Waals surface area (Å²) < 4.78 is 40.1. The van der Waals surface area contributed by atoms with E-state index in [1.54, 1.807) is 18.2 Å². The van der Waals surface area contributed by atoms with Crippen molar-refractivity contribution in [2.24, 2.45) is 0 Å². The van der Waals surface area contributed by atoms with E-state index in [1.807, 2.05) is 6.07 Å². The molecule has 1 N–H and O–H groups in total. The van der Waals surface area contributed by atoms with Gasteiger partial charge in [-0.3, -0.25) is 0 Å². The Labute approximate surface area is 122 Å². The zero-order chi connectivity index (χ0) is 14.7. The molecular weight excluding hydrogens is 333 g/mol. The van der Waals surface area contributed by atoms with Gasteiger partial charge in [-0.15, -0.1) is 0 Å². The quantitative estimate of drug-likeness (QED) is 0.843. The summed E-state index contributed by atoms with van der Waals surface area (Å²) in [5, 5.41) is 11.8. The zero-order valence-corrected chi connectivity index (χ0v) is 11.6. The molecule has 6 heteroatoms. The standard InChI is InChI=1S/C14H8BrF3N2/c15-10-2-1-8(6-19)14(4-10)20-7-9-3-12(17)13(18)5-11(9)16/h1-5,20H,7H2. The fraction of sp³-hybridized carbons (Fsp3) is 0.0714. The van der Waals surface area contributed by atoms with Crippen LogP contribution in [0.5, 0.6) is 0 Å². The molecule has 0 bridgehead atoms. The van der Waals surface area contributed by atoms with Crippen LogP contribution in [0.25, 0.3) is 0 Å². The molecule has 0 aromatic heterocycles. The van der Waals surface area contributed by atoms with E-state index in [0.29, 0.717) is 17.3 Å². The van der Waals surface area contributed by atoms with Crippen molar-refractivity contribution in [1.82, 2.24) is 0 Å². The molecule has 0 aliphatic heterocycles. The molecule has 0 aliphatic rings. The summed E-state index contributed by atoms with van der Waals surface area (Å²) in [6.45, 7) is -0.0613. The largest absolute Gasteiger partial charge is 0.380 e. The molecule has 0 aliphatic carbocycles. The Morgan fingerprint density at radius 2 is 1.75 bits per heavy atom. The number of nitrogens with one attached hydrogen (secondary N) is 1. The third-order valence-electron chi connectivity index (χ3n) is 2.66. The fourth-order valence-corrected chi connectivity index (χ4v) is 2.01. The van der Waals surface area contributed by atoms with Crippen molar-refractivity contribution in [3.05, 3.63) is 63.4 Å². The van der Waals surface area contributed by atoms with E-state index in [-0.39, 0.29) is 12.1 Å². The molecule has 0 fully saturated rings. The number of nitriles is 1. The Morgan fingerprint density at radius 3 is 2.45 bits per heavy atom. The van der Waals surface area contributed by atoms with Crippen LogP contribution in [0.15, 0.2) is 34.8 Å². The maximum Gasteiger partial charge on any atom is 0.161 e. The monoisotopic (exact) mass is 340 g/mol. The van der Waals surface area contributed by atoms with Gasteiger partial charge in [0.1, 0.15) is 11.9 Å². The van der Waals surface area contributed by atoms with E-state index >= 15 is 0 Å². The van der Waals surface area contributed by atoms with Gasteiger partial charge in [-0.25, -0.2) is 13.2 Å². The van der Waals surface area contributed by atoms with Gasteiger partial charge in [0.2, 0.25) is 0 Å². The summed E-state index contributed by atoms with van der Waals surface area (Å²) in [6, 6.07) is 8.21. The lowest BCUT2D eigenvalue weighted by Gasteiger charge is -2.10. The SMILES string of the molecule is N#Cc1ccc(Br)cc1NCc1cc(F)c(F)cc1F. The Kier molecular flexibility index (Phi) is 4.30. The third-order valence-corrected chi connectivity index (χ3v) is 3.15. The molecule has 0 saturated carbocycles. The Balaban J connectivity index is 2.23. The number of hydrogen-bond acceptors (Lipinski definition) is 2. The normalized spacial score (nSPS) is 10.2. The molecule has 20 heavy (non-hydrogen) atoms. The fourth-order valence-electron chi connectivity index (χ4n) is 1.65. The average Bonchev–Trinajstić information content (AvgIpc) is 2.41. The van der Waals surface area contributed by atoms with Crippen LogP contribution < -0.4 is 5.32 Å². The lowest BCUT2D eigenvalue weighted by atomic mass is 10.1. The van der Waals surface area contributed by atoms with Crippen LogP contribution in [-0.2, 0) is 6.54 Å². The average molecular weight is 341 g/mol. The minimum Gasteiger partial charge on any atom is -0.380 e. The van der Waals surface area contributed by atoms with Gasteiger partial charge in [0.15, 0.2) is 11.6 Å². The predicted molar refractivity (Wildman–Crippen MR) is 72.5 cm³/mol. The number of hydrogen-bond donors (Lipinski definition) is 1. The molecule has 0 atom stereocenters. The van der Waals surface area contributed by atoms with Gasteiger partial charge in [0.05, 0.1) is 11.3 Å². The Morgan fingerprint density at radius 1 is 1.05 bits per heavy atom. The number of halogens is 4. The molecule has 2 aromatic carbocycles. The first-order chi connectivity index (χ1) is 9.51. The van der Waals surface area contributed by atoms with Crippen molar-refractivity contribution in [2.45, 2.75) is 6.54 Å². The number of benzene rings is 2. The summed E-state index contributed by atoms with van der Waals surface area (Å²) in [5.41, 5.74) is 0.829. The number of nitrogens with zero attached hydrogens (tertiary/aromatic N) is 1. The van der Waals surface area contributed by atoms with E-state index in [1.165, 1.54) is 0 Å². The van der Waals surface area contributed by atoms with Crippen molar-refractivity contribution in [2.75, 3.05) is 5.32 Å². The molecule has 0 radical (unpaired) electrons. The van der Waals surface area contributed by atoms with Crippen LogP contribution in [0.3, 0.4) is 0 Å². The van der Waals surface area contributed by atoms with Crippen molar-refractivity contribution < 1.29 is 13.2 Å². The first-order valence-electron chi connectivity index (χ1n) is 5.58. The minimum atomic E-state index is -1.23. The molecule has 2 rings (SSSR count). The zero-order valence-electron chi connectivity index (χ0n) is 10.1.